The predicted octanol–water partition coefficient (Wildman–Crippen LogP) is -3.27. The van der Waals surface area contributed by atoms with E-state index in [1.807, 2.05) is 0 Å². The molecule has 0 heterocycles. The predicted molar refractivity (Wildman–Crippen MR) is 43.3 cm³/mol. The van der Waals surface area contributed by atoms with Gasteiger partial charge in [-0.2, -0.15) is 5.48 Å². The Bertz CT molecular complexity index is 191. The Morgan fingerprint density at radius 2 is 1.57 bits per heavy atom. The number of hydrogen-bond donors (Lipinski definition) is 8. The van der Waals surface area contributed by atoms with Crippen LogP contribution in [0.25, 0.3) is 0 Å². The van der Waals surface area contributed by atoms with Gasteiger partial charge >= 0.3 is 5.97 Å². The van der Waals surface area contributed by atoms with E-state index in [0.717, 1.165) is 0 Å². The van der Waals surface area contributed by atoms with Crippen molar-refractivity contribution < 1.29 is 30.7 Å². The number of aliphatic hydroxyl groups is 5. The molecule has 0 aromatic rings. The summed E-state index contributed by atoms with van der Waals surface area (Å²) in [5.41, 5.74) is 4.19. The smallest absolute Gasteiger partial charge is 0.336 e. The molecule has 14 heavy (non-hydrogen) atoms. The van der Waals surface area contributed by atoms with E-state index >= 15 is 0 Å². The molecular weight excluding hydrogens is 196 g/mol. The summed E-state index contributed by atoms with van der Waals surface area (Å²) in [6, 6.07) is 0. The van der Waals surface area contributed by atoms with Crippen LogP contribution in [0.1, 0.15) is 19.8 Å². The first kappa shape index (κ1) is 13.7. The van der Waals surface area contributed by atoms with Crippen LogP contribution in [0, 0.1) is 0 Å². The fraction of sp³-hybridized carbons (Fsp3) is 1.00. The first-order valence-corrected chi connectivity index (χ1v) is 3.94. The molecule has 0 aromatic carbocycles. The second-order valence-electron chi connectivity index (χ2n) is 3.14. The highest BCUT2D eigenvalue weighted by molar-refractivity contribution is 4.95. The average molecular weight is 212 g/mol. The monoisotopic (exact) mass is 212 g/mol. The van der Waals surface area contributed by atoms with E-state index < -0.39 is 17.4 Å². The molecule has 8 heteroatoms. The molecule has 0 saturated carbocycles. The molecule has 0 aliphatic rings. The molecule has 1 unspecified atom stereocenters. The lowest BCUT2D eigenvalue weighted by atomic mass is 9.93. The van der Waals surface area contributed by atoms with Crippen molar-refractivity contribution in [3.05, 3.63) is 0 Å². The third-order valence-corrected chi connectivity index (χ3v) is 1.93. The number of hydroxylamine groups is 1. The minimum Gasteiger partial charge on any atom is -0.357 e. The molecule has 9 N–H and O–H groups in total. The minimum absolute atomic E-state index is 0.222. The highest BCUT2D eigenvalue weighted by Crippen LogP contribution is 2.27. The van der Waals surface area contributed by atoms with Gasteiger partial charge in [-0.1, -0.05) is 13.3 Å². The van der Waals surface area contributed by atoms with Crippen LogP contribution in [0.3, 0.4) is 0 Å². The number of rotatable bonds is 5. The maximum Gasteiger partial charge on any atom is 0.336 e. The molecular formula is C6H16N2O6. The fourth-order valence-electron chi connectivity index (χ4n) is 1.00. The van der Waals surface area contributed by atoms with Crippen LogP contribution in [-0.2, 0) is 0 Å². The topological polar surface area (TPSA) is 159 Å². The average Bonchev–Trinajstić information content (AvgIpc) is 2.02. The SMILES string of the molecule is CCCC(N)(NO)C(O)(O)C(O)(O)O. The van der Waals surface area contributed by atoms with Crippen LogP contribution in [0.2, 0.25) is 0 Å². The van der Waals surface area contributed by atoms with E-state index in [4.69, 9.17) is 36.5 Å². The van der Waals surface area contributed by atoms with E-state index in [1.54, 1.807) is 6.92 Å². The number of hydrogen-bond acceptors (Lipinski definition) is 8. The molecule has 0 saturated heterocycles. The third kappa shape index (κ3) is 2.19. The molecule has 0 aromatic heterocycles. The highest BCUT2D eigenvalue weighted by Gasteiger charge is 2.60. The Morgan fingerprint density at radius 1 is 1.14 bits per heavy atom. The zero-order valence-corrected chi connectivity index (χ0v) is 7.67. The van der Waals surface area contributed by atoms with Crippen molar-refractivity contribution in [1.29, 1.82) is 0 Å². The summed E-state index contributed by atoms with van der Waals surface area (Å²) in [6.45, 7) is 1.60. The van der Waals surface area contributed by atoms with Crippen LogP contribution in [0.4, 0.5) is 0 Å². The second-order valence-corrected chi connectivity index (χ2v) is 3.14. The summed E-state index contributed by atoms with van der Waals surface area (Å²) >= 11 is 0. The quantitative estimate of drug-likeness (QED) is 0.174. The number of nitrogens with two attached hydrogens (primary N) is 1. The van der Waals surface area contributed by atoms with Crippen LogP contribution < -0.4 is 11.2 Å². The van der Waals surface area contributed by atoms with Crippen LogP contribution in [0.15, 0.2) is 0 Å². The van der Waals surface area contributed by atoms with Gasteiger partial charge in [-0.25, -0.2) is 0 Å². The van der Waals surface area contributed by atoms with Gasteiger partial charge in [0.25, 0.3) is 5.79 Å². The lowest BCUT2D eigenvalue weighted by molar-refractivity contribution is -0.469. The Labute approximate surface area is 80.2 Å². The van der Waals surface area contributed by atoms with Crippen LogP contribution >= 0.6 is 0 Å². The van der Waals surface area contributed by atoms with Crippen molar-refractivity contribution in [2.24, 2.45) is 5.73 Å². The molecule has 0 amide bonds. The van der Waals surface area contributed by atoms with Gasteiger partial charge in [-0.3, -0.25) is 0 Å². The fourth-order valence-corrected chi connectivity index (χ4v) is 1.00. The molecule has 8 nitrogen and oxygen atoms in total. The van der Waals surface area contributed by atoms with Gasteiger partial charge in [-0.05, 0) is 6.42 Å². The largest absolute Gasteiger partial charge is 0.357 e. The Morgan fingerprint density at radius 3 is 1.79 bits per heavy atom. The van der Waals surface area contributed by atoms with Gasteiger partial charge in [0, 0.05) is 0 Å². The van der Waals surface area contributed by atoms with E-state index in [0.29, 0.717) is 6.42 Å². The standard InChI is InChI=1S/C6H16N2O6/c1-2-3-4(7,8-14)5(9,10)6(11,12)13/h8-14H,2-3,7H2,1H3. The molecule has 86 valence electrons. The molecule has 0 rings (SSSR count). The molecule has 0 fully saturated rings. The third-order valence-electron chi connectivity index (χ3n) is 1.93. The van der Waals surface area contributed by atoms with E-state index in [-0.39, 0.29) is 6.42 Å². The molecule has 0 aliphatic heterocycles. The van der Waals surface area contributed by atoms with Crippen LogP contribution in [0.5, 0.6) is 0 Å². The highest BCUT2D eigenvalue weighted by atomic mass is 16.7. The first-order valence-electron chi connectivity index (χ1n) is 3.94. The van der Waals surface area contributed by atoms with Crippen molar-refractivity contribution >= 4 is 0 Å². The molecule has 0 aliphatic carbocycles. The van der Waals surface area contributed by atoms with E-state index in [9.17, 15) is 0 Å². The number of nitrogens with one attached hydrogen (secondary N) is 1. The summed E-state index contributed by atoms with van der Waals surface area (Å²) in [5, 5.41) is 52.8. The van der Waals surface area contributed by atoms with Gasteiger partial charge in [0.15, 0.2) is 5.66 Å². The first-order chi connectivity index (χ1) is 6.12. The second kappa shape index (κ2) is 4.04. The maximum absolute atomic E-state index is 9.16. The van der Waals surface area contributed by atoms with Gasteiger partial charge in [0.05, 0.1) is 0 Å². The van der Waals surface area contributed by atoms with Gasteiger partial charge < -0.3 is 36.5 Å². The lowest BCUT2D eigenvalue weighted by Crippen LogP contribution is -2.76. The van der Waals surface area contributed by atoms with Crippen molar-refractivity contribution in [2.45, 2.75) is 37.2 Å². The normalized spacial score (nSPS) is 18.0. The lowest BCUT2D eigenvalue weighted by Gasteiger charge is -2.42. The summed E-state index contributed by atoms with van der Waals surface area (Å²) in [4.78, 5) is 0. The van der Waals surface area contributed by atoms with E-state index in [2.05, 4.69) is 0 Å². The Hall–Kier alpha value is -0.320. The van der Waals surface area contributed by atoms with E-state index in [1.165, 1.54) is 5.48 Å². The summed E-state index contributed by atoms with van der Waals surface area (Å²) < 4.78 is 0. The molecule has 0 spiro atoms. The van der Waals surface area contributed by atoms with Crippen molar-refractivity contribution in [3.8, 4) is 0 Å². The van der Waals surface area contributed by atoms with Gasteiger partial charge in [0.1, 0.15) is 0 Å². The van der Waals surface area contributed by atoms with Crippen molar-refractivity contribution in [3.63, 3.8) is 0 Å². The molecule has 1 atom stereocenters. The van der Waals surface area contributed by atoms with Gasteiger partial charge in [0.2, 0.25) is 0 Å². The maximum atomic E-state index is 9.16. The van der Waals surface area contributed by atoms with Crippen molar-refractivity contribution in [2.75, 3.05) is 0 Å². The van der Waals surface area contributed by atoms with Crippen LogP contribution in [-0.4, -0.2) is 48.2 Å². The van der Waals surface area contributed by atoms with Crippen molar-refractivity contribution in [1.82, 2.24) is 5.48 Å². The van der Waals surface area contributed by atoms with Gasteiger partial charge in [-0.15, -0.1) is 0 Å². The summed E-state index contributed by atoms with van der Waals surface area (Å²) in [5.74, 6) is -7.38. The zero-order valence-electron chi connectivity index (χ0n) is 7.67. The Kier molecular flexibility index (Phi) is 3.95. The summed E-state index contributed by atoms with van der Waals surface area (Å²) in [6.07, 6.45) is 0.0724. The Balaban J connectivity index is 5.00. The zero-order chi connectivity index (χ0) is 11.6. The minimum atomic E-state index is -3.85. The molecule has 0 radical (unpaired) electrons. The summed E-state index contributed by atoms with van der Waals surface area (Å²) in [7, 11) is 0. The molecule has 0 bridgehead atoms.